The highest BCUT2D eigenvalue weighted by atomic mass is 35.5. The zero-order valence-corrected chi connectivity index (χ0v) is 22.8. The van der Waals surface area contributed by atoms with Crippen molar-refractivity contribution >= 4 is 80.0 Å². The first-order chi connectivity index (χ1) is 19.8. The van der Waals surface area contributed by atoms with Gasteiger partial charge in [-0.25, -0.2) is 23.7 Å². The molecular weight excluding hydrogens is 595 g/mol. The number of hydrogen-bond acceptors (Lipinski definition) is 8. The van der Waals surface area contributed by atoms with Gasteiger partial charge in [0.1, 0.15) is 29.2 Å². The Hall–Kier alpha value is -4.52. The predicted molar refractivity (Wildman–Crippen MR) is 156 cm³/mol. The van der Waals surface area contributed by atoms with Crippen LogP contribution >= 0.6 is 35.1 Å². The molecule has 0 saturated carbocycles. The van der Waals surface area contributed by atoms with E-state index in [0.29, 0.717) is 37.2 Å². The summed E-state index contributed by atoms with van der Waals surface area (Å²) in [5.41, 5.74) is 0.567. The number of nitrogens with zero attached hydrogens (tertiary/aromatic N) is 5. The highest BCUT2D eigenvalue weighted by molar-refractivity contribution is 8.00. The number of anilines is 3. The van der Waals surface area contributed by atoms with Gasteiger partial charge >= 0.3 is 0 Å². The van der Waals surface area contributed by atoms with Gasteiger partial charge in [0.05, 0.1) is 43.3 Å². The number of pyridine rings is 1. The van der Waals surface area contributed by atoms with Gasteiger partial charge in [0.2, 0.25) is 0 Å². The van der Waals surface area contributed by atoms with Crippen LogP contribution in [-0.4, -0.2) is 24.4 Å². The van der Waals surface area contributed by atoms with E-state index in [4.69, 9.17) is 23.2 Å². The van der Waals surface area contributed by atoms with Crippen molar-refractivity contribution in [1.29, 1.82) is 0 Å². The molecule has 3 aromatic heterocycles. The monoisotopic (exact) mass is 609 g/mol. The molecule has 0 aliphatic rings. The summed E-state index contributed by atoms with van der Waals surface area (Å²) in [4.78, 5) is 24.7. The molecule has 9 nitrogen and oxygen atoms in total. The number of nitro groups is 1. The van der Waals surface area contributed by atoms with E-state index in [2.05, 4.69) is 25.0 Å². The Morgan fingerprint density at radius 2 is 1.80 bits per heavy atom. The van der Waals surface area contributed by atoms with Crippen molar-refractivity contribution in [2.75, 3.05) is 10.0 Å². The fourth-order valence-electron chi connectivity index (χ4n) is 4.19. The molecule has 3 aromatic carbocycles. The Balaban J connectivity index is 1.37. The summed E-state index contributed by atoms with van der Waals surface area (Å²) in [5.74, 6) is -1.42. The summed E-state index contributed by atoms with van der Waals surface area (Å²) in [6.45, 7) is 0. The van der Waals surface area contributed by atoms with Gasteiger partial charge in [-0.3, -0.25) is 14.7 Å². The van der Waals surface area contributed by atoms with Crippen LogP contribution in [0, 0.1) is 21.7 Å². The lowest BCUT2D eigenvalue weighted by atomic mass is 10.2. The van der Waals surface area contributed by atoms with Crippen LogP contribution in [0.25, 0.3) is 27.8 Å². The second-order valence-corrected chi connectivity index (χ2v) is 10.2. The van der Waals surface area contributed by atoms with E-state index in [1.54, 1.807) is 59.2 Å². The molecule has 0 amide bonds. The topological polar surface area (TPSA) is 111 Å². The number of fused-ring (bicyclic) bond motifs is 2. The van der Waals surface area contributed by atoms with E-state index in [0.717, 1.165) is 18.0 Å². The van der Waals surface area contributed by atoms with Crippen molar-refractivity contribution in [1.82, 2.24) is 19.5 Å². The molecule has 6 rings (SSSR count). The van der Waals surface area contributed by atoms with Crippen LogP contribution in [-0.2, 0) is 0 Å². The SMILES string of the molecule is O=[N+]([O-])c1cn(-c2ccc3ncnc(Nc4c(F)ccc(NSc5cccc(Cl)c5Cl)c4F)c3n2)c2ccccc12. The molecule has 6 aromatic rings. The molecule has 2 N–H and O–H groups in total. The molecule has 0 saturated heterocycles. The van der Waals surface area contributed by atoms with E-state index in [9.17, 15) is 14.5 Å². The van der Waals surface area contributed by atoms with E-state index in [1.165, 1.54) is 18.6 Å². The predicted octanol–water partition coefficient (Wildman–Crippen LogP) is 8.32. The molecule has 0 spiro atoms. The summed E-state index contributed by atoms with van der Waals surface area (Å²) in [6, 6.07) is 17.5. The average Bonchev–Trinajstić information content (AvgIpc) is 3.37. The maximum Gasteiger partial charge on any atom is 0.295 e. The van der Waals surface area contributed by atoms with Gasteiger partial charge in [-0.15, -0.1) is 0 Å². The second kappa shape index (κ2) is 10.8. The van der Waals surface area contributed by atoms with Crippen molar-refractivity contribution in [2.45, 2.75) is 4.90 Å². The number of nitrogens with one attached hydrogen (secondary N) is 2. The molecule has 0 fully saturated rings. The average molecular weight is 610 g/mol. The van der Waals surface area contributed by atoms with Crippen molar-refractivity contribution in [3.05, 3.63) is 111 Å². The molecule has 41 heavy (non-hydrogen) atoms. The van der Waals surface area contributed by atoms with Gasteiger partial charge < -0.3 is 10.0 Å². The van der Waals surface area contributed by atoms with Crippen LogP contribution in [0.2, 0.25) is 10.0 Å². The fraction of sp³-hybridized carbons (Fsp3) is 0. The standard InChI is InChI=1S/C27H15Cl2F2N7O2S/c28-15-5-3-7-21(23(15)29)41-36-17-9-8-16(30)25(24(17)31)35-27-26-18(32-13-33-27)10-11-22(34-26)37-12-20(38(39)40)14-4-1-2-6-19(14)37/h1-13,36H,(H,32,33,35). The quantitative estimate of drug-likeness (QED) is 0.105. The van der Waals surface area contributed by atoms with Crippen molar-refractivity contribution in [2.24, 2.45) is 0 Å². The number of halogens is 4. The zero-order chi connectivity index (χ0) is 28.7. The largest absolute Gasteiger partial charge is 0.333 e. The molecule has 0 aliphatic heterocycles. The smallest absolute Gasteiger partial charge is 0.295 e. The highest BCUT2D eigenvalue weighted by Crippen LogP contribution is 2.36. The van der Waals surface area contributed by atoms with Gasteiger partial charge in [0.25, 0.3) is 5.69 Å². The van der Waals surface area contributed by atoms with Crippen LogP contribution in [0.4, 0.5) is 31.7 Å². The summed E-state index contributed by atoms with van der Waals surface area (Å²) in [6.07, 6.45) is 2.60. The second-order valence-electron chi connectivity index (χ2n) is 8.58. The number of hydrogen-bond donors (Lipinski definition) is 2. The Labute approximate surface area is 244 Å². The fourth-order valence-corrected chi connectivity index (χ4v) is 5.39. The van der Waals surface area contributed by atoms with Gasteiger partial charge in [-0.2, -0.15) is 0 Å². The maximum absolute atomic E-state index is 15.5. The third-order valence-corrected chi connectivity index (χ3v) is 7.94. The lowest BCUT2D eigenvalue weighted by Gasteiger charge is -2.14. The number of para-hydroxylation sites is 1. The maximum atomic E-state index is 15.5. The lowest BCUT2D eigenvalue weighted by Crippen LogP contribution is -2.05. The number of rotatable bonds is 7. The Bertz CT molecular complexity index is 1990. The van der Waals surface area contributed by atoms with E-state index < -0.39 is 22.2 Å². The molecule has 0 atom stereocenters. The Kier molecular flexibility index (Phi) is 7.03. The molecule has 0 unspecified atom stereocenters. The van der Waals surface area contributed by atoms with Crippen molar-refractivity contribution in [3.8, 4) is 5.82 Å². The first-order valence-electron chi connectivity index (χ1n) is 11.8. The Morgan fingerprint density at radius 1 is 0.976 bits per heavy atom. The molecule has 0 aliphatic carbocycles. The minimum atomic E-state index is -0.911. The van der Waals surface area contributed by atoms with Crippen LogP contribution in [0.5, 0.6) is 0 Å². The summed E-state index contributed by atoms with van der Waals surface area (Å²) >= 11 is 13.3. The normalized spacial score (nSPS) is 11.2. The van der Waals surface area contributed by atoms with Gasteiger partial charge in [0.15, 0.2) is 11.6 Å². The van der Waals surface area contributed by atoms with E-state index in [-0.39, 0.29) is 22.7 Å². The number of aromatic nitrogens is 4. The minimum Gasteiger partial charge on any atom is -0.333 e. The van der Waals surface area contributed by atoms with Gasteiger partial charge in [0, 0.05) is 4.90 Å². The van der Waals surface area contributed by atoms with E-state index in [1.807, 2.05) is 0 Å². The minimum absolute atomic E-state index is 0.0203. The molecule has 0 bridgehead atoms. The van der Waals surface area contributed by atoms with Crippen LogP contribution in [0.1, 0.15) is 0 Å². The third-order valence-electron chi connectivity index (χ3n) is 6.12. The first kappa shape index (κ1) is 26.7. The molecule has 204 valence electrons. The number of benzene rings is 3. The van der Waals surface area contributed by atoms with Crippen LogP contribution in [0.3, 0.4) is 0 Å². The van der Waals surface area contributed by atoms with E-state index >= 15 is 4.39 Å². The Morgan fingerprint density at radius 3 is 2.63 bits per heavy atom. The first-order valence-corrected chi connectivity index (χ1v) is 13.4. The highest BCUT2D eigenvalue weighted by Gasteiger charge is 2.20. The van der Waals surface area contributed by atoms with Crippen LogP contribution in [0.15, 0.2) is 84.1 Å². The molecule has 0 radical (unpaired) electrons. The summed E-state index contributed by atoms with van der Waals surface area (Å²) in [5, 5.41) is 15.4. The van der Waals surface area contributed by atoms with Crippen LogP contribution < -0.4 is 10.0 Å². The molecular formula is C27H15Cl2F2N7O2S. The van der Waals surface area contributed by atoms with Gasteiger partial charge in [-0.1, -0.05) is 41.4 Å². The van der Waals surface area contributed by atoms with Gasteiger partial charge in [-0.05, 0) is 60.5 Å². The van der Waals surface area contributed by atoms with Crippen molar-refractivity contribution < 1.29 is 13.7 Å². The summed E-state index contributed by atoms with van der Waals surface area (Å²) in [7, 11) is 0. The zero-order valence-electron chi connectivity index (χ0n) is 20.5. The molecule has 3 heterocycles. The molecule has 14 heteroatoms. The summed E-state index contributed by atoms with van der Waals surface area (Å²) < 4.78 is 34.8. The third kappa shape index (κ3) is 4.97. The lowest BCUT2D eigenvalue weighted by molar-refractivity contribution is -0.383. The van der Waals surface area contributed by atoms with Crippen molar-refractivity contribution in [3.63, 3.8) is 0 Å².